The van der Waals surface area contributed by atoms with E-state index in [1.807, 2.05) is 12.1 Å². The van der Waals surface area contributed by atoms with Crippen molar-refractivity contribution in [3.8, 4) is 23.0 Å². The molecule has 0 aliphatic carbocycles. The van der Waals surface area contributed by atoms with Crippen molar-refractivity contribution in [1.82, 2.24) is 4.90 Å². The molecule has 0 unspecified atom stereocenters. The van der Waals surface area contributed by atoms with Gasteiger partial charge in [0.05, 0.1) is 34.1 Å². The van der Waals surface area contributed by atoms with Gasteiger partial charge in [-0.2, -0.15) is 5.10 Å². The molecule has 0 bridgehead atoms. The second kappa shape index (κ2) is 11.7. The van der Waals surface area contributed by atoms with E-state index in [1.54, 1.807) is 40.6 Å². The number of nitrogens with one attached hydrogen (secondary N) is 1. The molecule has 1 aliphatic heterocycles. The number of methoxy groups -OCH3 is 4. The third-order valence-corrected chi connectivity index (χ3v) is 6.60. The van der Waals surface area contributed by atoms with Crippen LogP contribution in [0.1, 0.15) is 22.3 Å². The van der Waals surface area contributed by atoms with Crippen molar-refractivity contribution in [3.05, 3.63) is 70.8 Å². The van der Waals surface area contributed by atoms with E-state index in [1.165, 1.54) is 16.7 Å². The number of amidine groups is 1. The Hall–Kier alpha value is -4.11. The predicted octanol–water partition coefficient (Wildman–Crippen LogP) is 3.64. The molecule has 9 nitrogen and oxygen atoms in total. The van der Waals surface area contributed by atoms with E-state index in [0.717, 1.165) is 49.7 Å². The van der Waals surface area contributed by atoms with E-state index in [-0.39, 0.29) is 5.84 Å². The minimum Gasteiger partial charge on any atom is -0.493 e. The highest BCUT2D eigenvalue weighted by Crippen LogP contribution is 2.33. The van der Waals surface area contributed by atoms with Crippen LogP contribution in [0.25, 0.3) is 0 Å². The van der Waals surface area contributed by atoms with Crippen molar-refractivity contribution >= 4 is 17.2 Å². The van der Waals surface area contributed by atoms with Crippen molar-refractivity contribution in [2.45, 2.75) is 19.4 Å². The molecule has 4 rings (SSSR count). The number of hydrogen-bond acceptors (Lipinski definition) is 8. The molecule has 9 heteroatoms. The molecule has 37 heavy (non-hydrogen) atoms. The van der Waals surface area contributed by atoms with Crippen molar-refractivity contribution in [2.24, 2.45) is 10.8 Å². The summed E-state index contributed by atoms with van der Waals surface area (Å²) < 4.78 is 21.5. The highest BCUT2D eigenvalue weighted by atomic mass is 16.5. The van der Waals surface area contributed by atoms with Crippen LogP contribution in [0, 0.1) is 0 Å². The van der Waals surface area contributed by atoms with Crippen LogP contribution in [0.15, 0.2) is 53.6 Å². The maximum Gasteiger partial charge on any atom is 0.162 e. The summed E-state index contributed by atoms with van der Waals surface area (Å²) in [4.78, 5) is 2.47. The highest BCUT2D eigenvalue weighted by molar-refractivity contribution is 6.03. The van der Waals surface area contributed by atoms with Crippen molar-refractivity contribution < 1.29 is 18.9 Å². The maximum absolute atomic E-state index is 6.18. The number of hydrogen-bond donors (Lipinski definition) is 3. The Morgan fingerprint density at radius 1 is 0.865 bits per heavy atom. The average Bonchev–Trinajstić information content (AvgIpc) is 2.94. The summed E-state index contributed by atoms with van der Waals surface area (Å²) in [5, 5.41) is 4.29. The van der Waals surface area contributed by atoms with Crippen LogP contribution in [-0.2, 0) is 19.4 Å². The Bertz CT molecular complexity index is 1260. The van der Waals surface area contributed by atoms with Gasteiger partial charge < -0.3 is 30.4 Å². The maximum atomic E-state index is 6.18. The van der Waals surface area contributed by atoms with E-state index in [2.05, 4.69) is 39.7 Å². The van der Waals surface area contributed by atoms with E-state index in [4.69, 9.17) is 30.4 Å². The molecule has 0 fully saturated rings. The van der Waals surface area contributed by atoms with Crippen molar-refractivity contribution in [2.75, 3.05) is 52.7 Å². The molecule has 1 aliphatic rings. The Balaban J connectivity index is 1.34. The molecule has 0 aromatic heterocycles. The lowest BCUT2D eigenvalue weighted by Crippen LogP contribution is -2.32. The summed E-state index contributed by atoms with van der Waals surface area (Å²) in [5.41, 5.74) is 21.0. The second-order valence-electron chi connectivity index (χ2n) is 8.85. The first-order valence-electron chi connectivity index (χ1n) is 12.1. The number of ether oxygens (including phenoxy) is 4. The number of nitrogen functional groups attached to an aromatic ring is 1. The van der Waals surface area contributed by atoms with E-state index < -0.39 is 0 Å². The number of fused-ring (bicyclic) bond motifs is 1. The van der Waals surface area contributed by atoms with Gasteiger partial charge in [-0.05, 0) is 59.9 Å². The van der Waals surface area contributed by atoms with Crippen LogP contribution >= 0.6 is 0 Å². The molecule has 3 aromatic carbocycles. The van der Waals surface area contributed by atoms with Gasteiger partial charge in [0.15, 0.2) is 28.8 Å². The minimum atomic E-state index is 0.252. The van der Waals surface area contributed by atoms with Gasteiger partial charge in [-0.3, -0.25) is 10.3 Å². The SMILES string of the molecule is COc1cc(N)c(/C(N)=N/Nc2ccc(CCN3CCc4cc(OC)c(OC)cc4C3)cc2)cc1OC. The number of nitrogens with two attached hydrogens (primary N) is 2. The number of hydrazone groups is 1. The van der Waals surface area contributed by atoms with Crippen LogP contribution < -0.4 is 35.8 Å². The van der Waals surface area contributed by atoms with Crippen LogP contribution in [0.5, 0.6) is 23.0 Å². The van der Waals surface area contributed by atoms with E-state index >= 15 is 0 Å². The Morgan fingerprint density at radius 3 is 2.11 bits per heavy atom. The predicted molar refractivity (Wildman–Crippen MR) is 147 cm³/mol. The summed E-state index contributed by atoms with van der Waals surface area (Å²) in [6.45, 7) is 2.90. The largest absolute Gasteiger partial charge is 0.493 e. The summed E-state index contributed by atoms with van der Waals surface area (Å²) >= 11 is 0. The molecule has 0 amide bonds. The standard InChI is InChI=1S/C28H35N5O4/c1-34-24-13-19-10-12-33(17-20(19)14-25(24)35-2)11-9-18-5-7-21(8-6-18)31-32-28(30)22-15-26(36-3)27(37-4)16-23(22)29/h5-8,13-16,31H,9-12,17,29H2,1-4H3,(H2,30,32). The molecule has 0 saturated carbocycles. The molecule has 5 N–H and O–H groups in total. The Labute approximate surface area is 217 Å². The smallest absolute Gasteiger partial charge is 0.162 e. The Kier molecular flexibility index (Phi) is 8.25. The second-order valence-corrected chi connectivity index (χ2v) is 8.85. The number of anilines is 2. The van der Waals surface area contributed by atoms with Crippen molar-refractivity contribution in [1.29, 1.82) is 0 Å². The summed E-state index contributed by atoms with van der Waals surface area (Å²) in [5.74, 6) is 2.89. The third kappa shape index (κ3) is 6.00. The first-order valence-corrected chi connectivity index (χ1v) is 12.1. The average molecular weight is 506 g/mol. The zero-order chi connectivity index (χ0) is 26.4. The van der Waals surface area contributed by atoms with Crippen molar-refractivity contribution in [3.63, 3.8) is 0 Å². The zero-order valence-electron chi connectivity index (χ0n) is 21.8. The van der Waals surface area contributed by atoms with Crippen LogP contribution in [0.2, 0.25) is 0 Å². The van der Waals surface area contributed by atoms with Gasteiger partial charge in [0.1, 0.15) is 0 Å². The van der Waals surface area contributed by atoms with Gasteiger partial charge in [0.2, 0.25) is 0 Å². The van der Waals surface area contributed by atoms with Gasteiger partial charge in [-0.1, -0.05) is 12.1 Å². The van der Waals surface area contributed by atoms with Crippen LogP contribution in [0.3, 0.4) is 0 Å². The first-order chi connectivity index (χ1) is 17.9. The molecule has 0 atom stereocenters. The minimum absolute atomic E-state index is 0.252. The summed E-state index contributed by atoms with van der Waals surface area (Å²) in [7, 11) is 6.47. The van der Waals surface area contributed by atoms with Gasteiger partial charge in [0.25, 0.3) is 0 Å². The van der Waals surface area contributed by atoms with Crippen LogP contribution in [-0.4, -0.2) is 52.3 Å². The number of nitrogens with zero attached hydrogens (tertiary/aromatic N) is 2. The van der Waals surface area contributed by atoms with Gasteiger partial charge in [-0.25, -0.2) is 0 Å². The molecule has 0 radical (unpaired) electrons. The summed E-state index contributed by atoms with van der Waals surface area (Å²) in [6, 6.07) is 15.8. The zero-order valence-corrected chi connectivity index (χ0v) is 21.8. The fourth-order valence-electron chi connectivity index (χ4n) is 4.47. The van der Waals surface area contributed by atoms with Gasteiger partial charge in [0, 0.05) is 37.0 Å². The quantitative estimate of drug-likeness (QED) is 0.166. The number of rotatable bonds is 10. The van der Waals surface area contributed by atoms with E-state index in [0.29, 0.717) is 22.7 Å². The third-order valence-electron chi connectivity index (χ3n) is 6.60. The normalized spacial score (nSPS) is 13.6. The molecule has 1 heterocycles. The molecule has 0 saturated heterocycles. The molecule has 3 aromatic rings. The molecule has 0 spiro atoms. The number of benzene rings is 3. The molecular formula is C28H35N5O4. The Morgan fingerprint density at radius 2 is 1.46 bits per heavy atom. The fourth-order valence-corrected chi connectivity index (χ4v) is 4.47. The van der Waals surface area contributed by atoms with Crippen LogP contribution in [0.4, 0.5) is 11.4 Å². The van der Waals surface area contributed by atoms with E-state index in [9.17, 15) is 0 Å². The lowest BCUT2D eigenvalue weighted by atomic mass is 9.98. The molecule has 196 valence electrons. The molecular weight excluding hydrogens is 470 g/mol. The lowest BCUT2D eigenvalue weighted by Gasteiger charge is -2.29. The fraction of sp³-hybridized carbons (Fsp3) is 0.321. The van der Waals surface area contributed by atoms with Gasteiger partial charge >= 0.3 is 0 Å². The summed E-state index contributed by atoms with van der Waals surface area (Å²) in [6.07, 6.45) is 1.96. The monoisotopic (exact) mass is 505 g/mol. The van der Waals surface area contributed by atoms with Gasteiger partial charge in [-0.15, -0.1) is 0 Å². The lowest BCUT2D eigenvalue weighted by molar-refractivity contribution is 0.255. The highest BCUT2D eigenvalue weighted by Gasteiger charge is 2.19. The topological polar surface area (TPSA) is 117 Å². The first kappa shape index (κ1) is 26.0.